The number of aromatic nitrogens is 2. The number of ether oxygens (including phenoxy) is 1. The van der Waals surface area contributed by atoms with E-state index in [1.807, 2.05) is 13.0 Å². The van der Waals surface area contributed by atoms with Crippen molar-refractivity contribution in [1.82, 2.24) is 9.97 Å². The summed E-state index contributed by atoms with van der Waals surface area (Å²) in [5, 5.41) is 12.0. The molecule has 19 heavy (non-hydrogen) atoms. The first-order chi connectivity index (χ1) is 9.19. The second-order valence-corrected chi connectivity index (χ2v) is 4.38. The van der Waals surface area contributed by atoms with Crippen molar-refractivity contribution in [2.45, 2.75) is 25.8 Å². The van der Waals surface area contributed by atoms with Gasteiger partial charge in [-0.3, -0.25) is 4.79 Å². The molecule has 102 valence electrons. The molecule has 6 heteroatoms. The number of carboxylic acids is 1. The Bertz CT molecular complexity index is 476. The molecule has 0 spiro atoms. The number of carboxylic acid groups (broad SMARTS) is 1. The zero-order valence-electron chi connectivity index (χ0n) is 10.7. The molecule has 0 saturated carbocycles. The van der Waals surface area contributed by atoms with Gasteiger partial charge in [-0.1, -0.05) is 19.1 Å². The smallest absolute Gasteiger partial charge is 0.310 e. The van der Waals surface area contributed by atoms with Crippen molar-refractivity contribution in [3.63, 3.8) is 0 Å². The van der Waals surface area contributed by atoms with Gasteiger partial charge in [0, 0.05) is 18.3 Å². The summed E-state index contributed by atoms with van der Waals surface area (Å²) in [6.45, 7) is 2.64. The Morgan fingerprint density at radius 3 is 3.11 bits per heavy atom. The number of hydrogen-bond donors (Lipinski definition) is 2. The lowest BCUT2D eigenvalue weighted by atomic mass is 10.1. The van der Waals surface area contributed by atoms with Crippen LogP contribution in [0.5, 0.6) is 5.88 Å². The summed E-state index contributed by atoms with van der Waals surface area (Å²) in [5.41, 5.74) is 0. The maximum absolute atomic E-state index is 10.8. The van der Waals surface area contributed by atoms with Gasteiger partial charge >= 0.3 is 5.97 Å². The topological polar surface area (TPSA) is 84.3 Å². The lowest BCUT2D eigenvalue weighted by Crippen LogP contribution is -2.20. The Kier molecular flexibility index (Phi) is 4.33. The predicted octanol–water partition coefficient (Wildman–Crippen LogP) is 1.71. The lowest BCUT2D eigenvalue weighted by molar-refractivity contribution is -0.140. The molecule has 0 radical (unpaired) electrons. The molecule has 0 aliphatic heterocycles. The van der Waals surface area contributed by atoms with Gasteiger partial charge in [-0.05, 0) is 12.8 Å². The van der Waals surface area contributed by atoms with Crippen molar-refractivity contribution >= 4 is 11.9 Å². The highest BCUT2D eigenvalue weighted by atomic mass is 16.5. The molecule has 2 atom stereocenters. The van der Waals surface area contributed by atoms with Gasteiger partial charge in [-0.2, -0.15) is 4.98 Å². The normalized spacial score (nSPS) is 21.3. The van der Waals surface area contributed by atoms with Gasteiger partial charge in [-0.15, -0.1) is 0 Å². The van der Waals surface area contributed by atoms with Crippen LogP contribution < -0.4 is 10.1 Å². The summed E-state index contributed by atoms with van der Waals surface area (Å²) >= 11 is 0. The van der Waals surface area contributed by atoms with Gasteiger partial charge in [-0.25, -0.2) is 4.98 Å². The summed E-state index contributed by atoms with van der Waals surface area (Å²) in [4.78, 5) is 19.2. The van der Waals surface area contributed by atoms with E-state index < -0.39 is 11.9 Å². The highest BCUT2D eigenvalue weighted by molar-refractivity contribution is 5.73. The number of hydrogen-bond acceptors (Lipinski definition) is 5. The second kappa shape index (κ2) is 6.17. The van der Waals surface area contributed by atoms with Crippen LogP contribution in [0.2, 0.25) is 0 Å². The molecule has 6 nitrogen and oxygen atoms in total. The first-order valence-electron chi connectivity index (χ1n) is 6.32. The number of nitrogens with one attached hydrogen (secondary N) is 1. The molecule has 1 heterocycles. The van der Waals surface area contributed by atoms with Crippen LogP contribution in [0, 0.1) is 5.92 Å². The Morgan fingerprint density at radius 1 is 1.58 bits per heavy atom. The fourth-order valence-electron chi connectivity index (χ4n) is 1.85. The van der Waals surface area contributed by atoms with E-state index in [-0.39, 0.29) is 6.04 Å². The van der Waals surface area contributed by atoms with Gasteiger partial charge in [0.25, 0.3) is 0 Å². The third kappa shape index (κ3) is 3.67. The van der Waals surface area contributed by atoms with E-state index in [0.29, 0.717) is 24.9 Å². The zero-order chi connectivity index (χ0) is 13.7. The molecule has 2 N–H and O–H groups in total. The standard InChI is InChI=1S/C13H17N3O3/c1-2-7-19-11-5-6-14-13(16-11)15-10-4-3-9(8-10)12(17)18/h3-6,9-10H,2,7-8H2,1H3,(H,17,18)(H,14,15,16). The second-order valence-electron chi connectivity index (χ2n) is 4.38. The van der Waals surface area contributed by atoms with Crippen LogP contribution in [-0.2, 0) is 4.79 Å². The van der Waals surface area contributed by atoms with Crippen molar-refractivity contribution in [3.05, 3.63) is 24.4 Å². The molecule has 1 aliphatic carbocycles. The van der Waals surface area contributed by atoms with E-state index in [1.165, 1.54) is 0 Å². The van der Waals surface area contributed by atoms with Crippen LogP contribution in [0.1, 0.15) is 19.8 Å². The minimum atomic E-state index is -0.804. The molecule has 0 bridgehead atoms. The highest BCUT2D eigenvalue weighted by Gasteiger charge is 2.24. The van der Waals surface area contributed by atoms with E-state index >= 15 is 0 Å². The molecule has 0 saturated heterocycles. The van der Waals surface area contributed by atoms with Crippen molar-refractivity contribution in [3.8, 4) is 5.88 Å². The molecule has 0 amide bonds. The summed E-state index contributed by atoms with van der Waals surface area (Å²) in [7, 11) is 0. The first-order valence-corrected chi connectivity index (χ1v) is 6.32. The number of anilines is 1. The van der Waals surface area contributed by atoms with Crippen LogP contribution in [0.25, 0.3) is 0 Å². The Morgan fingerprint density at radius 2 is 2.42 bits per heavy atom. The third-order valence-corrected chi connectivity index (χ3v) is 2.80. The third-order valence-electron chi connectivity index (χ3n) is 2.80. The maximum Gasteiger partial charge on any atom is 0.310 e. The van der Waals surface area contributed by atoms with E-state index in [2.05, 4.69) is 15.3 Å². The van der Waals surface area contributed by atoms with Gasteiger partial charge < -0.3 is 15.2 Å². The number of nitrogens with zero attached hydrogens (tertiary/aromatic N) is 2. The monoisotopic (exact) mass is 263 g/mol. The molecule has 2 unspecified atom stereocenters. The fraction of sp³-hybridized carbons (Fsp3) is 0.462. The average molecular weight is 263 g/mol. The van der Waals surface area contributed by atoms with Crippen molar-refractivity contribution in [2.24, 2.45) is 5.92 Å². The van der Waals surface area contributed by atoms with Gasteiger partial charge in [0.05, 0.1) is 12.5 Å². The average Bonchev–Trinajstić information content (AvgIpc) is 2.85. The van der Waals surface area contributed by atoms with Crippen LogP contribution in [0.3, 0.4) is 0 Å². The lowest BCUT2D eigenvalue weighted by Gasteiger charge is -2.12. The van der Waals surface area contributed by atoms with Gasteiger partial charge in [0.2, 0.25) is 11.8 Å². The van der Waals surface area contributed by atoms with E-state index in [4.69, 9.17) is 9.84 Å². The van der Waals surface area contributed by atoms with Crippen LogP contribution in [0.4, 0.5) is 5.95 Å². The maximum atomic E-state index is 10.8. The molecule has 1 aliphatic rings. The minimum absolute atomic E-state index is 0.0532. The summed E-state index contributed by atoms with van der Waals surface area (Å²) in [6, 6.07) is 1.65. The largest absolute Gasteiger partial charge is 0.481 e. The molecule has 0 aromatic carbocycles. The number of aliphatic carboxylic acids is 1. The molecule has 1 aromatic heterocycles. The Hall–Kier alpha value is -2.11. The zero-order valence-corrected chi connectivity index (χ0v) is 10.7. The van der Waals surface area contributed by atoms with Crippen LogP contribution in [-0.4, -0.2) is 33.7 Å². The van der Waals surface area contributed by atoms with Crippen LogP contribution >= 0.6 is 0 Å². The van der Waals surface area contributed by atoms with Crippen LogP contribution in [0.15, 0.2) is 24.4 Å². The van der Waals surface area contributed by atoms with Crippen molar-refractivity contribution in [1.29, 1.82) is 0 Å². The van der Waals surface area contributed by atoms with Crippen molar-refractivity contribution in [2.75, 3.05) is 11.9 Å². The molecule has 2 rings (SSSR count). The first kappa shape index (κ1) is 13.3. The molecule has 1 aromatic rings. The Labute approximate surface area is 111 Å². The van der Waals surface area contributed by atoms with E-state index in [9.17, 15) is 4.79 Å². The molecular formula is C13H17N3O3. The minimum Gasteiger partial charge on any atom is -0.481 e. The van der Waals surface area contributed by atoms with Crippen molar-refractivity contribution < 1.29 is 14.6 Å². The molecular weight excluding hydrogens is 246 g/mol. The summed E-state index contributed by atoms with van der Waals surface area (Å²) in [5.74, 6) is -0.260. The quantitative estimate of drug-likeness (QED) is 0.760. The number of rotatable bonds is 6. The Balaban J connectivity index is 1.93. The predicted molar refractivity (Wildman–Crippen MR) is 70.1 cm³/mol. The van der Waals surface area contributed by atoms with E-state index in [0.717, 1.165) is 6.42 Å². The summed E-state index contributed by atoms with van der Waals surface area (Å²) in [6.07, 6.45) is 6.57. The molecule has 0 fully saturated rings. The van der Waals surface area contributed by atoms with Gasteiger partial charge in [0.15, 0.2) is 0 Å². The fourth-order valence-corrected chi connectivity index (χ4v) is 1.85. The number of carbonyl (C=O) groups is 1. The summed E-state index contributed by atoms with van der Waals surface area (Å²) < 4.78 is 5.42. The van der Waals surface area contributed by atoms with Gasteiger partial charge in [0.1, 0.15) is 0 Å². The SMILES string of the molecule is CCCOc1ccnc(NC2C=CC(C(=O)O)C2)n1. The van der Waals surface area contributed by atoms with E-state index in [1.54, 1.807) is 18.3 Å². The highest BCUT2D eigenvalue weighted by Crippen LogP contribution is 2.21.